The molecule has 0 heterocycles. The van der Waals surface area contributed by atoms with Crippen molar-refractivity contribution in [2.45, 2.75) is 38.4 Å². The third-order valence-electron chi connectivity index (χ3n) is 3.37. The van der Waals surface area contributed by atoms with Crippen molar-refractivity contribution in [2.24, 2.45) is 5.92 Å². The van der Waals surface area contributed by atoms with Gasteiger partial charge < -0.3 is 4.74 Å². The number of hydrogen-bond donors (Lipinski definition) is 0. The summed E-state index contributed by atoms with van der Waals surface area (Å²) in [6.07, 6.45) is 3.02. The van der Waals surface area contributed by atoms with Crippen molar-refractivity contribution in [3.8, 4) is 0 Å². The van der Waals surface area contributed by atoms with E-state index in [-0.39, 0.29) is 5.60 Å². The van der Waals surface area contributed by atoms with Gasteiger partial charge in [-0.05, 0) is 38.2 Å². The molecular weight excluding hydrogens is 264 g/mol. The first kappa shape index (κ1) is 12.1. The molecule has 0 aliphatic heterocycles. The SMILES string of the molecule is CC(OC(C)(CBr)c1ccccc1)C1CC1. The van der Waals surface area contributed by atoms with E-state index < -0.39 is 0 Å². The molecule has 1 saturated carbocycles. The molecule has 16 heavy (non-hydrogen) atoms. The zero-order valence-electron chi connectivity index (χ0n) is 9.95. The van der Waals surface area contributed by atoms with Crippen LogP contribution in [-0.2, 0) is 10.3 Å². The number of ether oxygens (including phenoxy) is 1. The zero-order valence-corrected chi connectivity index (χ0v) is 11.5. The van der Waals surface area contributed by atoms with Crippen molar-refractivity contribution >= 4 is 15.9 Å². The average molecular weight is 283 g/mol. The first-order valence-electron chi connectivity index (χ1n) is 5.95. The molecule has 0 spiro atoms. The predicted molar refractivity (Wildman–Crippen MR) is 70.9 cm³/mol. The molecule has 1 aliphatic carbocycles. The normalized spacial score (nSPS) is 21.4. The minimum absolute atomic E-state index is 0.205. The second-order valence-electron chi connectivity index (χ2n) is 4.89. The molecule has 0 bridgehead atoms. The van der Waals surface area contributed by atoms with Gasteiger partial charge in [0.2, 0.25) is 0 Å². The van der Waals surface area contributed by atoms with Gasteiger partial charge in [-0.3, -0.25) is 0 Å². The van der Waals surface area contributed by atoms with Crippen molar-refractivity contribution in [1.82, 2.24) is 0 Å². The Balaban J connectivity index is 2.11. The van der Waals surface area contributed by atoms with Gasteiger partial charge in [-0.1, -0.05) is 46.3 Å². The first-order chi connectivity index (χ1) is 7.65. The van der Waals surface area contributed by atoms with E-state index in [1.165, 1.54) is 18.4 Å². The summed E-state index contributed by atoms with van der Waals surface area (Å²) in [5, 5.41) is 0.834. The van der Waals surface area contributed by atoms with Crippen LogP contribution in [0.3, 0.4) is 0 Å². The van der Waals surface area contributed by atoms with Gasteiger partial charge in [-0.2, -0.15) is 0 Å². The van der Waals surface area contributed by atoms with Crippen LogP contribution in [0, 0.1) is 5.92 Å². The van der Waals surface area contributed by atoms with Crippen molar-refractivity contribution in [3.05, 3.63) is 35.9 Å². The van der Waals surface area contributed by atoms with Crippen LogP contribution >= 0.6 is 15.9 Å². The van der Waals surface area contributed by atoms with E-state index in [0.717, 1.165) is 11.2 Å². The lowest BCUT2D eigenvalue weighted by Crippen LogP contribution is -2.32. The Morgan fingerprint density at radius 1 is 1.38 bits per heavy atom. The lowest BCUT2D eigenvalue weighted by molar-refractivity contribution is -0.0728. The number of halogens is 1. The van der Waals surface area contributed by atoms with Crippen LogP contribution in [0.25, 0.3) is 0 Å². The zero-order chi connectivity index (χ0) is 11.6. The summed E-state index contributed by atoms with van der Waals surface area (Å²) in [6, 6.07) is 10.5. The molecule has 1 aromatic rings. The van der Waals surface area contributed by atoms with Gasteiger partial charge >= 0.3 is 0 Å². The third-order valence-corrected chi connectivity index (χ3v) is 4.44. The number of rotatable bonds is 5. The molecule has 0 radical (unpaired) electrons. The van der Waals surface area contributed by atoms with Crippen LogP contribution in [0.2, 0.25) is 0 Å². The Labute approximate surface area is 106 Å². The average Bonchev–Trinajstić information content (AvgIpc) is 3.14. The van der Waals surface area contributed by atoms with Crippen LogP contribution in [-0.4, -0.2) is 11.4 Å². The minimum Gasteiger partial charge on any atom is -0.366 e. The summed E-state index contributed by atoms with van der Waals surface area (Å²) in [5.41, 5.74) is 1.04. The summed E-state index contributed by atoms with van der Waals surface area (Å²) < 4.78 is 6.25. The predicted octanol–water partition coefficient (Wildman–Crippen LogP) is 4.11. The van der Waals surface area contributed by atoms with Crippen LogP contribution < -0.4 is 0 Å². The quantitative estimate of drug-likeness (QED) is 0.739. The van der Waals surface area contributed by atoms with Crippen LogP contribution in [0.15, 0.2) is 30.3 Å². The molecule has 1 aliphatic rings. The highest BCUT2D eigenvalue weighted by Crippen LogP contribution is 2.38. The molecule has 1 nitrogen and oxygen atoms in total. The van der Waals surface area contributed by atoms with Crippen molar-refractivity contribution in [3.63, 3.8) is 0 Å². The largest absolute Gasteiger partial charge is 0.366 e. The Morgan fingerprint density at radius 3 is 2.50 bits per heavy atom. The Bertz CT molecular complexity index is 334. The maximum absolute atomic E-state index is 6.25. The number of alkyl halides is 1. The molecule has 1 aromatic carbocycles. The van der Waals surface area contributed by atoms with E-state index in [1.807, 2.05) is 6.07 Å². The minimum atomic E-state index is -0.205. The van der Waals surface area contributed by atoms with E-state index >= 15 is 0 Å². The highest BCUT2D eigenvalue weighted by molar-refractivity contribution is 9.09. The summed E-state index contributed by atoms with van der Waals surface area (Å²) in [4.78, 5) is 0. The summed E-state index contributed by atoms with van der Waals surface area (Å²) in [6.45, 7) is 4.36. The smallest absolute Gasteiger partial charge is 0.100 e. The van der Waals surface area contributed by atoms with Crippen LogP contribution in [0.4, 0.5) is 0 Å². The lowest BCUT2D eigenvalue weighted by Gasteiger charge is -2.32. The maximum Gasteiger partial charge on any atom is 0.100 e. The molecule has 0 saturated heterocycles. The Hall–Kier alpha value is -0.340. The van der Waals surface area contributed by atoms with Crippen LogP contribution in [0.1, 0.15) is 32.3 Å². The van der Waals surface area contributed by atoms with E-state index in [2.05, 4.69) is 54.0 Å². The highest BCUT2D eigenvalue weighted by atomic mass is 79.9. The standard InChI is InChI=1S/C14H19BrO/c1-11(12-8-9-12)16-14(2,10-15)13-6-4-3-5-7-13/h3-7,11-12H,8-10H2,1-2H3. The van der Waals surface area contributed by atoms with Gasteiger partial charge in [0, 0.05) is 5.33 Å². The molecule has 2 rings (SSSR count). The Kier molecular flexibility index (Phi) is 3.70. The molecule has 2 unspecified atom stereocenters. The summed E-state index contributed by atoms with van der Waals surface area (Å²) in [5.74, 6) is 0.780. The first-order valence-corrected chi connectivity index (χ1v) is 7.07. The second-order valence-corrected chi connectivity index (χ2v) is 5.45. The van der Waals surface area contributed by atoms with E-state index in [9.17, 15) is 0 Å². The molecule has 0 aromatic heterocycles. The molecule has 1 fully saturated rings. The summed E-state index contributed by atoms with van der Waals surface area (Å²) in [7, 11) is 0. The van der Waals surface area contributed by atoms with Crippen molar-refractivity contribution < 1.29 is 4.74 Å². The van der Waals surface area contributed by atoms with Gasteiger partial charge in [0.1, 0.15) is 5.60 Å². The molecular formula is C14H19BrO. The van der Waals surface area contributed by atoms with E-state index in [1.54, 1.807) is 0 Å². The van der Waals surface area contributed by atoms with Crippen LogP contribution in [0.5, 0.6) is 0 Å². The fourth-order valence-electron chi connectivity index (χ4n) is 2.04. The van der Waals surface area contributed by atoms with Gasteiger partial charge in [-0.25, -0.2) is 0 Å². The van der Waals surface area contributed by atoms with Gasteiger partial charge in [0.15, 0.2) is 0 Å². The third kappa shape index (κ3) is 2.67. The fourth-order valence-corrected chi connectivity index (χ4v) is 2.50. The van der Waals surface area contributed by atoms with E-state index in [0.29, 0.717) is 6.10 Å². The second kappa shape index (κ2) is 4.89. The lowest BCUT2D eigenvalue weighted by atomic mass is 9.97. The van der Waals surface area contributed by atoms with Crippen molar-refractivity contribution in [2.75, 3.05) is 5.33 Å². The Morgan fingerprint density at radius 2 is 2.00 bits per heavy atom. The van der Waals surface area contributed by atoms with Gasteiger partial charge in [0.25, 0.3) is 0 Å². The van der Waals surface area contributed by atoms with Gasteiger partial charge in [0.05, 0.1) is 6.10 Å². The molecule has 88 valence electrons. The molecule has 2 atom stereocenters. The monoisotopic (exact) mass is 282 g/mol. The number of benzene rings is 1. The van der Waals surface area contributed by atoms with Gasteiger partial charge in [-0.15, -0.1) is 0 Å². The molecule has 2 heteroatoms. The summed E-state index contributed by atoms with van der Waals surface area (Å²) >= 11 is 3.58. The highest BCUT2D eigenvalue weighted by Gasteiger charge is 2.35. The molecule has 0 N–H and O–H groups in total. The number of hydrogen-bond acceptors (Lipinski definition) is 1. The van der Waals surface area contributed by atoms with E-state index in [4.69, 9.17) is 4.74 Å². The topological polar surface area (TPSA) is 9.23 Å². The van der Waals surface area contributed by atoms with Crippen molar-refractivity contribution in [1.29, 1.82) is 0 Å². The maximum atomic E-state index is 6.25. The fraction of sp³-hybridized carbons (Fsp3) is 0.571. The molecule has 0 amide bonds.